The van der Waals surface area contributed by atoms with Crippen LogP contribution in [0.1, 0.15) is 415 Å². The second-order valence-corrected chi connectivity index (χ2v) is 37.8. The van der Waals surface area contributed by atoms with Gasteiger partial charge in [-0.15, -0.1) is 0 Å². The summed E-state index contributed by atoms with van der Waals surface area (Å²) < 4.78 is 58.4. The first-order valence-electron chi connectivity index (χ1n) is 50.3. The van der Waals surface area contributed by atoms with Crippen LogP contribution in [0, 0.1) is 47.3 Å². The maximum atomic E-state index is 7.30. The molecule has 0 spiro atoms. The average Bonchev–Trinajstić information content (AvgIpc) is 1.62. The molecule has 1 radical (unpaired) electrons. The third-order valence-electron chi connectivity index (χ3n) is 28.8. The molecule has 16 nitrogen and oxygen atoms in total. The molecule has 8 bridgehead atoms. The van der Waals surface area contributed by atoms with Gasteiger partial charge in [0, 0.05) is 52.9 Å². The SMILES string of the molecule is CCCCCCCCOC1CC2C3NC(NC4NC(NC5NC(NC6NC(N3)C3CC(OCCCCCCCC)C(OCCCCCCCC)CC63)C3CC(OCCCCCCCC)C(OCCCCCCCC)CC53)C3CC(OCCCCCCCC)C(OCCCCCCCC)CC43)C2CC1OCCCCCCCC.[Cu+2]. The summed E-state index contributed by atoms with van der Waals surface area (Å²) in [5, 5.41) is 36.5. The topological polar surface area (TPSA) is 170 Å². The fourth-order valence-corrected chi connectivity index (χ4v) is 22.1. The molecule has 17 heteroatoms. The van der Waals surface area contributed by atoms with Crippen molar-refractivity contribution in [3.63, 3.8) is 0 Å². The van der Waals surface area contributed by atoms with E-state index in [1.54, 1.807) is 0 Å². The molecule has 16 atom stereocenters. The third kappa shape index (κ3) is 33.8. The first kappa shape index (κ1) is 98.3. The summed E-state index contributed by atoms with van der Waals surface area (Å²) in [6.45, 7) is 25.1. The van der Waals surface area contributed by atoms with Crippen LogP contribution in [0.15, 0.2) is 0 Å². The zero-order valence-corrected chi connectivity index (χ0v) is 75.6. The van der Waals surface area contributed by atoms with Gasteiger partial charge in [0.2, 0.25) is 0 Å². The fourth-order valence-electron chi connectivity index (χ4n) is 22.1. The maximum absolute atomic E-state index is 7.30. The van der Waals surface area contributed by atoms with Crippen LogP contribution in [-0.4, -0.2) is 151 Å². The summed E-state index contributed by atoms with van der Waals surface area (Å²) in [6.07, 6.45) is 69.4. The minimum absolute atomic E-state index is 0. The Hall–Kier alpha value is -0.121. The molecule has 665 valence electrons. The normalized spacial score (nSPS) is 33.3. The Balaban J connectivity index is 0.0000160. The van der Waals surface area contributed by atoms with Crippen LogP contribution >= 0.6 is 0 Å². The quantitative estimate of drug-likeness (QED) is 0.0214. The van der Waals surface area contributed by atoms with Gasteiger partial charge in [-0.05, 0) is 150 Å². The van der Waals surface area contributed by atoms with Gasteiger partial charge in [0.1, 0.15) is 0 Å². The molecule has 9 rings (SSSR count). The Labute approximate surface area is 706 Å². The summed E-state index contributed by atoms with van der Waals surface area (Å²) in [5.74, 6) is 2.64. The zero-order chi connectivity index (χ0) is 78.4. The second kappa shape index (κ2) is 59.6. The van der Waals surface area contributed by atoms with E-state index in [0.29, 0.717) is 47.3 Å². The van der Waals surface area contributed by atoms with Gasteiger partial charge < -0.3 is 37.9 Å². The molecule has 16 unspecified atom stereocenters. The van der Waals surface area contributed by atoms with Crippen molar-refractivity contribution in [2.24, 2.45) is 47.3 Å². The van der Waals surface area contributed by atoms with Gasteiger partial charge in [0.25, 0.3) is 0 Å². The molecule has 9 aliphatic rings. The van der Waals surface area contributed by atoms with Crippen LogP contribution in [0.2, 0.25) is 0 Å². The average molecular weight is 1640 g/mol. The molecule has 113 heavy (non-hydrogen) atoms. The van der Waals surface area contributed by atoms with Gasteiger partial charge in [-0.1, -0.05) is 312 Å². The Morgan fingerprint density at radius 1 is 0.150 bits per heavy atom. The van der Waals surface area contributed by atoms with Crippen molar-refractivity contribution in [3.8, 4) is 0 Å². The molecule has 5 aliphatic heterocycles. The Kier molecular flexibility index (Phi) is 51.9. The molecule has 5 saturated heterocycles. The summed E-state index contributed by atoms with van der Waals surface area (Å²) in [5.41, 5.74) is 0. The number of hydrogen-bond acceptors (Lipinski definition) is 16. The Bertz CT molecular complexity index is 1850. The van der Waals surface area contributed by atoms with Crippen LogP contribution in [0.3, 0.4) is 0 Å². The van der Waals surface area contributed by atoms with E-state index in [0.717, 1.165) is 156 Å². The molecule has 4 aliphatic carbocycles. The molecule has 0 amide bonds. The van der Waals surface area contributed by atoms with Crippen LogP contribution in [0.25, 0.3) is 0 Å². The standard InChI is InChI=1S/C96H184N8O8.Cu/c1-9-17-25-33-41-49-57-105-81-65-73-74(66-82(81)106-58-50-42-34-26-18-10-2)90-97-89(73)101-91-75-67-83(107-59-51-43-35-27-19-11-3)84(108-60-52-44-36-28-20-12-4)68-76(75)93(98-91)103-95-79-71-87(111-63-55-47-39-31-23-15-7)88(112-64-56-48-40-32-24-16-8)72-80(79)96(100-95)104-94-78-70-86(110-62-54-46-38-30-22-14-6)85(69-77(78)92(99-94)102-90)109-61-53-45-37-29-21-13-5;/h73-104H,9-72H2,1-8H3;/q;+2. The first-order valence-corrected chi connectivity index (χ1v) is 50.3. The van der Waals surface area contributed by atoms with E-state index in [1.165, 1.54) is 257 Å². The molecule has 9 fully saturated rings. The van der Waals surface area contributed by atoms with Crippen molar-refractivity contribution in [1.29, 1.82) is 0 Å². The van der Waals surface area contributed by atoms with E-state index in [9.17, 15) is 0 Å². The van der Waals surface area contributed by atoms with Crippen LogP contribution in [0.4, 0.5) is 0 Å². The van der Waals surface area contributed by atoms with Crippen LogP contribution in [-0.2, 0) is 55.0 Å². The van der Waals surface area contributed by atoms with Crippen molar-refractivity contribution in [1.82, 2.24) is 42.5 Å². The molecule has 0 aromatic carbocycles. The van der Waals surface area contributed by atoms with E-state index in [2.05, 4.69) is 97.9 Å². The Morgan fingerprint density at radius 2 is 0.248 bits per heavy atom. The van der Waals surface area contributed by atoms with Crippen molar-refractivity contribution < 1.29 is 55.0 Å². The van der Waals surface area contributed by atoms with E-state index >= 15 is 0 Å². The number of unbranched alkanes of at least 4 members (excludes halogenated alkanes) is 40. The number of nitrogens with one attached hydrogen (secondary N) is 8. The molecule has 0 aromatic heterocycles. The van der Waals surface area contributed by atoms with Crippen molar-refractivity contribution in [3.05, 3.63) is 0 Å². The fraction of sp³-hybridized carbons (Fsp3) is 1.00. The minimum Gasteiger partial charge on any atom is -0.376 e. The molecular formula is C96H184CuN8O8+2. The van der Waals surface area contributed by atoms with E-state index < -0.39 is 0 Å². The van der Waals surface area contributed by atoms with Gasteiger partial charge in [-0.25, -0.2) is 0 Å². The monoisotopic (exact) mass is 1640 g/mol. The number of ether oxygens (including phenoxy) is 8. The third-order valence-corrected chi connectivity index (χ3v) is 28.8. The zero-order valence-electron chi connectivity index (χ0n) is 74.7. The number of hydrogen-bond donors (Lipinski definition) is 8. The first-order chi connectivity index (χ1) is 55.3. The molecule has 8 N–H and O–H groups in total. The molecule has 0 aromatic rings. The van der Waals surface area contributed by atoms with E-state index in [1.807, 2.05) is 0 Å². The summed E-state index contributed by atoms with van der Waals surface area (Å²) in [6, 6.07) is 0. The van der Waals surface area contributed by atoms with Gasteiger partial charge in [-0.2, -0.15) is 0 Å². The van der Waals surface area contributed by atoms with E-state index in [-0.39, 0.29) is 115 Å². The second-order valence-electron chi connectivity index (χ2n) is 37.8. The van der Waals surface area contributed by atoms with E-state index in [4.69, 9.17) is 37.9 Å². The Morgan fingerprint density at radius 3 is 0.354 bits per heavy atom. The largest absolute Gasteiger partial charge is 2.00 e. The van der Waals surface area contributed by atoms with Gasteiger partial charge in [0.15, 0.2) is 0 Å². The summed E-state index contributed by atoms with van der Waals surface area (Å²) in [7, 11) is 0. The van der Waals surface area contributed by atoms with Crippen molar-refractivity contribution >= 4 is 0 Å². The van der Waals surface area contributed by atoms with Crippen LogP contribution in [0.5, 0.6) is 0 Å². The van der Waals surface area contributed by atoms with Gasteiger partial charge >= 0.3 is 17.1 Å². The van der Waals surface area contributed by atoms with Gasteiger partial charge in [-0.3, -0.25) is 42.5 Å². The minimum atomic E-state index is 0. The predicted octanol–water partition coefficient (Wildman–Crippen LogP) is 21.4. The molecular weight excluding hydrogens is 1460 g/mol. The molecule has 4 saturated carbocycles. The summed E-state index contributed by atoms with van der Waals surface area (Å²) in [4.78, 5) is 0. The predicted molar refractivity (Wildman–Crippen MR) is 465 cm³/mol. The molecule has 5 heterocycles. The smallest absolute Gasteiger partial charge is 0.376 e. The van der Waals surface area contributed by atoms with Gasteiger partial charge in [0.05, 0.1) is 98.2 Å². The maximum Gasteiger partial charge on any atom is 2.00 e. The van der Waals surface area contributed by atoms with Crippen molar-refractivity contribution in [2.75, 3.05) is 52.9 Å². The number of fused-ring (bicyclic) bond motifs is 20. The van der Waals surface area contributed by atoms with Crippen molar-refractivity contribution in [2.45, 2.75) is 513 Å². The van der Waals surface area contributed by atoms with Crippen LogP contribution < -0.4 is 42.5 Å². The number of rotatable bonds is 64. The summed E-state index contributed by atoms with van der Waals surface area (Å²) >= 11 is 0.